The number of pyridine rings is 1. The van der Waals surface area contributed by atoms with E-state index >= 15 is 0 Å². The SMILES string of the molecule is CCC(C)(C)C(=O)OC(C)(C)C.CCC(C)(C)C(=O)OC(C)(C)C.CCC(C)(C)C(=O)OC(C)(C)C.CCC(C)(C)C(=O)Oc1ccccc1C(C)=O.CCC(C)c1ccc(CN2C(=O)c3ccccc3C2=O)cc1.CCC(C)c1ccc(Cn2c3ccccc3c(=O)c3ccccc32)cc1.CCC(C)c1ccc(O)cc1.CCC(C)c1ccc(O)cc1.CCC(C)c1ccc(O)cc1. The average molecular weight is 1840 g/mol. The number of fused-ring (bicyclic) bond motifs is 3. The maximum Gasteiger partial charge on any atom is 0.316 e. The Kier molecular flexibility index (Phi) is 47.2. The predicted molar refractivity (Wildman–Crippen MR) is 552 cm³/mol. The van der Waals surface area contributed by atoms with Gasteiger partial charge in [0.15, 0.2) is 11.2 Å². The van der Waals surface area contributed by atoms with E-state index in [1.807, 2.05) is 242 Å². The Bertz CT molecular complexity index is 5050. The van der Waals surface area contributed by atoms with Gasteiger partial charge in [-0.15, -0.1) is 0 Å². The lowest BCUT2D eigenvalue weighted by Gasteiger charge is -2.27. The molecule has 1 aliphatic heterocycles. The monoisotopic (exact) mass is 1840 g/mol. The van der Waals surface area contributed by atoms with Gasteiger partial charge >= 0.3 is 23.9 Å². The molecule has 3 N–H and O–H groups in total. The van der Waals surface area contributed by atoms with Gasteiger partial charge in [0.05, 0.1) is 55.9 Å². The number of carbonyl (C=O) groups is 7. The van der Waals surface area contributed by atoms with Gasteiger partial charge in [-0.3, -0.25) is 43.3 Å². The molecular formula is C117H162N2O15. The van der Waals surface area contributed by atoms with Crippen molar-refractivity contribution in [3.05, 3.63) is 284 Å². The second-order valence-corrected chi connectivity index (χ2v) is 40.4. The highest BCUT2D eigenvalue weighted by molar-refractivity contribution is 6.21. The van der Waals surface area contributed by atoms with Gasteiger partial charge in [-0.05, 0) is 336 Å². The van der Waals surface area contributed by atoms with Crippen molar-refractivity contribution in [1.82, 2.24) is 9.47 Å². The summed E-state index contributed by atoms with van der Waals surface area (Å²) in [5.74, 6) is 3.09. The highest BCUT2D eigenvalue weighted by atomic mass is 16.6. The van der Waals surface area contributed by atoms with Crippen LogP contribution in [-0.2, 0) is 46.5 Å². The number of para-hydroxylation sites is 3. The number of phenols is 3. The smallest absolute Gasteiger partial charge is 0.316 e. The molecule has 0 bridgehead atoms. The third-order valence-electron chi connectivity index (χ3n) is 24.4. The number of phenolic OH excluding ortho intramolecular Hbond substituents is 3. The van der Waals surface area contributed by atoms with E-state index in [0.29, 0.717) is 82.2 Å². The molecule has 2 heterocycles. The third-order valence-corrected chi connectivity index (χ3v) is 24.4. The minimum atomic E-state index is -0.538. The van der Waals surface area contributed by atoms with Gasteiger partial charge in [0.1, 0.15) is 39.8 Å². The number of Topliss-reactive ketones (excluding diaryl/α,β-unsaturated/α-hetero) is 1. The maximum absolute atomic E-state index is 12.8. The summed E-state index contributed by atoms with van der Waals surface area (Å²) in [6.45, 7) is 64.4. The zero-order valence-corrected chi connectivity index (χ0v) is 87.1. The molecule has 134 heavy (non-hydrogen) atoms. The van der Waals surface area contributed by atoms with E-state index in [4.69, 9.17) is 34.3 Å². The summed E-state index contributed by atoms with van der Waals surface area (Å²) in [6.07, 6.45) is 8.78. The fourth-order valence-electron chi connectivity index (χ4n) is 12.4. The molecule has 0 saturated carbocycles. The van der Waals surface area contributed by atoms with E-state index in [1.165, 1.54) is 45.2 Å². The quantitative estimate of drug-likeness (QED) is 0.0127. The molecule has 9 aromatic carbocycles. The molecule has 1 aromatic heterocycles. The summed E-state index contributed by atoms with van der Waals surface area (Å²) in [7, 11) is 0. The molecule has 730 valence electrons. The summed E-state index contributed by atoms with van der Waals surface area (Å²) in [5.41, 5.74) is 9.59. The van der Waals surface area contributed by atoms with Crippen LogP contribution >= 0.6 is 0 Å². The van der Waals surface area contributed by atoms with E-state index in [0.717, 1.165) is 85.3 Å². The molecule has 10 aromatic rings. The summed E-state index contributed by atoms with van der Waals surface area (Å²) >= 11 is 0. The number of hydrogen-bond donors (Lipinski definition) is 3. The molecule has 0 radical (unpaired) electrons. The van der Waals surface area contributed by atoms with Crippen LogP contribution in [0.2, 0.25) is 0 Å². The molecule has 5 atom stereocenters. The van der Waals surface area contributed by atoms with Crippen molar-refractivity contribution in [1.29, 1.82) is 0 Å². The Morgan fingerprint density at radius 2 is 0.560 bits per heavy atom. The van der Waals surface area contributed by atoms with Gasteiger partial charge in [-0.25, -0.2) is 0 Å². The molecular weight excluding hydrogens is 1670 g/mol. The van der Waals surface area contributed by atoms with E-state index in [-0.39, 0.29) is 80.0 Å². The number of amides is 2. The van der Waals surface area contributed by atoms with Crippen LogP contribution in [0.15, 0.2) is 223 Å². The second kappa shape index (κ2) is 54.2. The van der Waals surface area contributed by atoms with Crippen LogP contribution < -0.4 is 10.2 Å². The maximum atomic E-state index is 12.8. The molecule has 0 fully saturated rings. The molecule has 0 spiro atoms. The van der Waals surface area contributed by atoms with Crippen molar-refractivity contribution in [3.8, 4) is 23.0 Å². The molecule has 5 unspecified atom stereocenters. The van der Waals surface area contributed by atoms with Crippen LogP contribution in [0.5, 0.6) is 23.0 Å². The fourth-order valence-corrected chi connectivity index (χ4v) is 12.4. The van der Waals surface area contributed by atoms with Crippen LogP contribution in [0, 0.1) is 21.7 Å². The molecule has 1 aliphatic rings. The number of rotatable bonds is 24. The summed E-state index contributed by atoms with van der Waals surface area (Å²) in [5, 5.41) is 28.6. The minimum absolute atomic E-state index is 0.109. The standard InChI is InChI=1S/C24H23NO.C19H19NO2.C14H18O3.3C10H20O2.3C10H14O/c1-3-17(2)19-14-12-18(13-15-19)16-25-22-10-6-4-8-20(22)24(26)21-9-5-7-11-23(21)25;1-3-13(2)15-10-8-14(9-11-15)12-20-18(21)16-6-4-5-7-17(16)19(20)22;1-5-14(3,4)13(16)17-12-9-7-6-8-11(12)10(2)15;3*1-7-10(5,6)8(11)12-9(2,3)4;3*1-3-8(2)9-4-6-10(11)7-5-9/h4-15,17H,3,16H2,1-2H3;4-11,13H,3,12H2,1-2H3;6-9H,5H2,1-4H3;3*7H2,1-6H3;3*4-8,11H,3H2,1-2H3. The first kappa shape index (κ1) is 117. The molecule has 2 amide bonds. The molecule has 17 nitrogen and oxygen atoms in total. The van der Waals surface area contributed by atoms with Crippen molar-refractivity contribution < 1.29 is 67.8 Å². The van der Waals surface area contributed by atoms with Gasteiger partial charge in [0, 0.05) is 17.3 Å². The normalized spacial score (nSPS) is 12.9. The first-order valence-corrected chi connectivity index (χ1v) is 48.0. The van der Waals surface area contributed by atoms with Crippen molar-refractivity contribution in [3.63, 3.8) is 0 Å². The van der Waals surface area contributed by atoms with Crippen LogP contribution in [0.3, 0.4) is 0 Å². The number of nitrogens with zero attached hydrogens (tertiary/aromatic N) is 2. The van der Waals surface area contributed by atoms with E-state index in [9.17, 15) is 38.4 Å². The van der Waals surface area contributed by atoms with Crippen molar-refractivity contribution in [2.75, 3.05) is 0 Å². The van der Waals surface area contributed by atoms with E-state index in [1.54, 1.807) is 84.9 Å². The zero-order chi connectivity index (χ0) is 102. The lowest BCUT2D eigenvalue weighted by Crippen LogP contribution is -2.33. The second-order valence-electron chi connectivity index (χ2n) is 40.4. The van der Waals surface area contributed by atoms with Gasteiger partial charge in [-0.2, -0.15) is 0 Å². The van der Waals surface area contributed by atoms with E-state index in [2.05, 4.69) is 110 Å². The number of imide groups is 1. The highest BCUT2D eigenvalue weighted by Crippen LogP contribution is 2.33. The number of ketones is 1. The number of aromatic nitrogens is 1. The Morgan fingerprint density at radius 1 is 0.313 bits per heavy atom. The van der Waals surface area contributed by atoms with Gasteiger partial charge in [0.25, 0.3) is 11.8 Å². The lowest BCUT2D eigenvalue weighted by atomic mass is 9.90. The van der Waals surface area contributed by atoms with Crippen molar-refractivity contribution in [2.45, 2.75) is 339 Å². The summed E-state index contributed by atoms with van der Waals surface area (Å²) in [4.78, 5) is 96.6. The van der Waals surface area contributed by atoms with Crippen LogP contribution in [-0.4, -0.2) is 83.1 Å². The summed E-state index contributed by atoms with van der Waals surface area (Å²) < 4.78 is 23.3. The number of ether oxygens (including phenoxy) is 4. The lowest BCUT2D eigenvalue weighted by molar-refractivity contribution is -0.166. The molecule has 11 rings (SSSR count). The Balaban J connectivity index is 0.000000397. The van der Waals surface area contributed by atoms with Gasteiger partial charge in [-0.1, -0.05) is 230 Å². The number of benzene rings is 9. The third kappa shape index (κ3) is 38.5. The summed E-state index contributed by atoms with van der Waals surface area (Å²) in [6, 6.07) is 68.9. The Hall–Kier alpha value is -11.5. The van der Waals surface area contributed by atoms with Crippen molar-refractivity contribution >= 4 is 63.3 Å². The largest absolute Gasteiger partial charge is 0.508 e. The number of carbonyl (C=O) groups excluding carboxylic acids is 7. The first-order chi connectivity index (χ1) is 62.5. The number of aromatic hydroxyl groups is 3. The van der Waals surface area contributed by atoms with Gasteiger partial charge in [0.2, 0.25) is 0 Å². The first-order valence-electron chi connectivity index (χ1n) is 48.0. The molecule has 0 aliphatic carbocycles. The molecule has 0 saturated heterocycles. The number of esters is 4. The fraction of sp³-hybridized carbons (Fsp3) is 0.470. The van der Waals surface area contributed by atoms with Gasteiger partial charge < -0.3 is 38.8 Å². The number of hydrogen-bond acceptors (Lipinski definition) is 15. The van der Waals surface area contributed by atoms with Crippen LogP contribution in [0.1, 0.15) is 379 Å². The topological polar surface area (TPSA) is 242 Å². The minimum Gasteiger partial charge on any atom is -0.508 e. The van der Waals surface area contributed by atoms with E-state index < -0.39 is 5.41 Å². The average Bonchev–Trinajstić information content (AvgIpc) is 1.71. The Labute approximate surface area is 803 Å². The van der Waals surface area contributed by atoms with Crippen LogP contribution in [0.25, 0.3) is 21.8 Å². The highest BCUT2D eigenvalue weighted by Gasteiger charge is 2.37. The van der Waals surface area contributed by atoms with Crippen molar-refractivity contribution in [2.24, 2.45) is 21.7 Å². The molecule has 17 heteroatoms. The van der Waals surface area contributed by atoms with Crippen LogP contribution in [0.4, 0.5) is 0 Å². The Morgan fingerprint density at radius 3 is 0.828 bits per heavy atom. The zero-order valence-electron chi connectivity index (χ0n) is 87.1. The predicted octanol–water partition coefficient (Wildman–Crippen LogP) is 30.0.